The number of hydrogen-bond donors (Lipinski definition) is 1. The molecule has 2 aromatic carbocycles. The zero-order valence-electron chi connectivity index (χ0n) is 12.6. The number of aromatic nitrogens is 3. The molecule has 0 saturated carbocycles. The van der Waals surface area contributed by atoms with Crippen molar-refractivity contribution in [1.82, 2.24) is 15.0 Å². The van der Waals surface area contributed by atoms with E-state index in [1.807, 2.05) is 60.7 Å². The lowest BCUT2D eigenvalue weighted by atomic mass is 10.00. The van der Waals surface area contributed by atoms with Crippen LogP contribution in [0.2, 0.25) is 0 Å². The van der Waals surface area contributed by atoms with E-state index >= 15 is 0 Å². The number of fused-ring (bicyclic) bond motifs is 1. The van der Waals surface area contributed by atoms with Crippen LogP contribution in [0, 0.1) is 0 Å². The molecule has 0 spiro atoms. The lowest BCUT2D eigenvalue weighted by Crippen LogP contribution is -1.98. The van der Waals surface area contributed by atoms with E-state index in [9.17, 15) is 0 Å². The second-order valence-corrected chi connectivity index (χ2v) is 6.30. The van der Waals surface area contributed by atoms with Crippen LogP contribution in [0.15, 0.2) is 71.5 Å². The number of hydrogen-bond acceptors (Lipinski definition) is 4. The molecule has 0 radical (unpaired) electrons. The standard InChI is InChI=1S/C19H13BrN4/c20-14-8-6-13(7-9-14)16-10-15(12-4-2-1-3-5-12)17-18(21)22-11-23-19(17)24-16/h1-11H,(H2,21,22,23,24). The second kappa shape index (κ2) is 6.02. The molecular weight excluding hydrogens is 364 g/mol. The number of benzene rings is 2. The van der Waals surface area contributed by atoms with Crippen molar-refractivity contribution in [3.05, 3.63) is 71.5 Å². The Kier molecular flexibility index (Phi) is 3.70. The fourth-order valence-electron chi connectivity index (χ4n) is 2.70. The lowest BCUT2D eigenvalue weighted by molar-refractivity contribution is 1.19. The molecular formula is C19H13BrN4. The van der Waals surface area contributed by atoms with Crippen LogP contribution in [0.4, 0.5) is 5.82 Å². The third-order valence-corrected chi connectivity index (χ3v) is 4.39. The third-order valence-electron chi connectivity index (χ3n) is 3.86. The van der Waals surface area contributed by atoms with Crippen LogP contribution < -0.4 is 5.73 Å². The van der Waals surface area contributed by atoms with Gasteiger partial charge in [-0.2, -0.15) is 0 Å². The summed E-state index contributed by atoms with van der Waals surface area (Å²) in [6.45, 7) is 0. The second-order valence-electron chi connectivity index (χ2n) is 5.39. The van der Waals surface area contributed by atoms with E-state index in [1.54, 1.807) is 0 Å². The molecule has 4 rings (SSSR count). The molecule has 0 aliphatic heterocycles. The van der Waals surface area contributed by atoms with Crippen molar-refractivity contribution in [1.29, 1.82) is 0 Å². The van der Waals surface area contributed by atoms with Gasteiger partial charge in [-0.05, 0) is 29.3 Å². The molecule has 0 aliphatic rings. The topological polar surface area (TPSA) is 64.7 Å². The molecule has 4 nitrogen and oxygen atoms in total. The Morgan fingerprint density at radius 3 is 2.33 bits per heavy atom. The predicted molar refractivity (Wildman–Crippen MR) is 100 cm³/mol. The maximum Gasteiger partial charge on any atom is 0.165 e. The van der Waals surface area contributed by atoms with Gasteiger partial charge in [0.1, 0.15) is 12.1 Å². The summed E-state index contributed by atoms with van der Waals surface area (Å²) in [6, 6.07) is 20.2. The van der Waals surface area contributed by atoms with Gasteiger partial charge in [0.25, 0.3) is 0 Å². The van der Waals surface area contributed by atoms with Crippen molar-refractivity contribution >= 4 is 32.8 Å². The summed E-state index contributed by atoms with van der Waals surface area (Å²) in [7, 11) is 0. The van der Waals surface area contributed by atoms with Gasteiger partial charge in [0.2, 0.25) is 0 Å². The van der Waals surface area contributed by atoms with E-state index < -0.39 is 0 Å². The Labute approximate surface area is 147 Å². The zero-order valence-corrected chi connectivity index (χ0v) is 14.2. The average molecular weight is 377 g/mol. The van der Waals surface area contributed by atoms with E-state index in [-0.39, 0.29) is 0 Å². The molecule has 2 aromatic heterocycles. The van der Waals surface area contributed by atoms with Crippen molar-refractivity contribution in [2.24, 2.45) is 0 Å². The summed E-state index contributed by atoms with van der Waals surface area (Å²) in [6.07, 6.45) is 1.45. The van der Waals surface area contributed by atoms with Crippen LogP contribution in [0.1, 0.15) is 0 Å². The highest BCUT2D eigenvalue weighted by Gasteiger charge is 2.13. The summed E-state index contributed by atoms with van der Waals surface area (Å²) in [5.74, 6) is 0.439. The molecule has 0 amide bonds. The normalized spacial score (nSPS) is 10.9. The van der Waals surface area contributed by atoms with E-state index in [0.717, 1.165) is 32.2 Å². The molecule has 2 heterocycles. The molecule has 0 atom stereocenters. The molecule has 0 unspecified atom stereocenters. The first-order valence-corrected chi connectivity index (χ1v) is 8.24. The number of nitrogens with two attached hydrogens (primary N) is 1. The van der Waals surface area contributed by atoms with Crippen LogP contribution in [0.5, 0.6) is 0 Å². The number of rotatable bonds is 2. The summed E-state index contributed by atoms with van der Waals surface area (Å²) in [5.41, 5.74) is 10.6. The van der Waals surface area contributed by atoms with Crippen molar-refractivity contribution < 1.29 is 0 Å². The van der Waals surface area contributed by atoms with E-state index in [0.29, 0.717) is 11.5 Å². The molecule has 24 heavy (non-hydrogen) atoms. The summed E-state index contributed by atoms with van der Waals surface area (Å²) in [5, 5.41) is 0.782. The van der Waals surface area contributed by atoms with E-state index in [1.165, 1.54) is 6.33 Å². The van der Waals surface area contributed by atoms with Crippen molar-refractivity contribution in [2.45, 2.75) is 0 Å². The number of nitrogens with zero attached hydrogens (tertiary/aromatic N) is 3. The molecule has 2 N–H and O–H groups in total. The number of anilines is 1. The quantitative estimate of drug-likeness (QED) is 0.550. The van der Waals surface area contributed by atoms with Gasteiger partial charge < -0.3 is 5.73 Å². The van der Waals surface area contributed by atoms with Crippen LogP contribution >= 0.6 is 15.9 Å². The van der Waals surface area contributed by atoms with Gasteiger partial charge in [0.15, 0.2) is 5.65 Å². The summed E-state index contributed by atoms with van der Waals surface area (Å²) < 4.78 is 1.03. The van der Waals surface area contributed by atoms with Gasteiger partial charge >= 0.3 is 0 Å². The first kappa shape index (κ1) is 14.8. The molecule has 0 aliphatic carbocycles. The largest absolute Gasteiger partial charge is 0.383 e. The van der Waals surface area contributed by atoms with E-state index in [4.69, 9.17) is 5.73 Å². The van der Waals surface area contributed by atoms with Crippen LogP contribution in [0.25, 0.3) is 33.4 Å². The molecule has 0 bridgehead atoms. The zero-order chi connectivity index (χ0) is 16.5. The van der Waals surface area contributed by atoms with Crippen molar-refractivity contribution in [3.8, 4) is 22.4 Å². The SMILES string of the molecule is Nc1ncnc2nc(-c3ccc(Br)cc3)cc(-c3ccccc3)c12. The minimum atomic E-state index is 0.439. The fraction of sp³-hybridized carbons (Fsp3) is 0. The third kappa shape index (κ3) is 2.63. The Bertz CT molecular complexity index is 1010. The summed E-state index contributed by atoms with van der Waals surface area (Å²) in [4.78, 5) is 13.1. The lowest BCUT2D eigenvalue weighted by Gasteiger charge is -2.11. The smallest absolute Gasteiger partial charge is 0.165 e. The minimum absolute atomic E-state index is 0.439. The number of nitrogen functional groups attached to an aromatic ring is 1. The van der Waals surface area contributed by atoms with Crippen molar-refractivity contribution in [2.75, 3.05) is 5.73 Å². The minimum Gasteiger partial charge on any atom is -0.383 e. The number of pyridine rings is 1. The maximum atomic E-state index is 6.11. The monoisotopic (exact) mass is 376 g/mol. The average Bonchev–Trinajstić information content (AvgIpc) is 2.62. The molecule has 5 heteroatoms. The molecule has 116 valence electrons. The maximum absolute atomic E-state index is 6.11. The van der Waals surface area contributed by atoms with Crippen LogP contribution in [-0.2, 0) is 0 Å². The van der Waals surface area contributed by atoms with Gasteiger partial charge in [-0.25, -0.2) is 15.0 Å². The number of halogens is 1. The van der Waals surface area contributed by atoms with Crippen LogP contribution in [0.3, 0.4) is 0 Å². The molecule has 0 fully saturated rings. The Morgan fingerprint density at radius 1 is 0.833 bits per heavy atom. The Hall–Kier alpha value is -2.79. The van der Waals surface area contributed by atoms with Crippen LogP contribution in [-0.4, -0.2) is 15.0 Å². The van der Waals surface area contributed by atoms with Gasteiger partial charge in [0, 0.05) is 10.0 Å². The first-order valence-electron chi connectivity index (χ1n) is 7.45. The first-order chi connectivity index (χ1) is 11.7. The molecule has 0 saturated heterocycles. The fourth-order valence-corrected chi connectivity index (χ4v) is 2.97. The van der Waals surface area contributed by atoms with E-state index in [2.05, 4.69) is 30.9 Å². The highest BCUT2D eigenvalue weighted by molar-refractivity contribution is 9.10. The Balaban J connectivity index is 2.03. The predicted octanol–water partition coefficient (Wildman–Crippen LogP) is 4.70. The highest BCUT2D eigenvalue weighted by Crippen LogP contribution is 2.33. The molecule has 4 aromatic rings. The Morgan fingerprint density at radius 2 is 1.58 bits per heavy atom. The summed E-state index contributed by atoms with van der Waals surface area (Å²) >= 11 is 3.46. The van der Waals surface area contributed by atoms with Gasteiger partial charge in [-0.3, -0.25) is 0 Å². The van der Waals surface area contributed by atoms with Crippen molar-refractivity contribution in [3.63, 3.8) is 0 Å². The van der Waals surface area contributed by atoms with Gasteiger partial charge in [-0.15, -0.1) is 0 Å². The highest BCUT2D eigenvalue weighted by atomic mass is 79.9. The van der Waals surface area contributed by atoms with Gasteiger partial charge in [0.05, 0.1) is 11.1 Å². The van der Waals surface area contributed by atoms with Gasteiger partial charge in [-0.1, -0.05) is 58.4 Å².